The molecule has 1 unspecified atom stereocenters. The number of rotatable bonds is 20. The Bertz CT molecular complexity index is 1360. The van der Waals surface area contributed by atoms with Crippen LogP contribution >= 0.6 is 0 Å². The average Bonchev–Trinajstić information content (AvgIpc) is 3.36. The molecular formula is C35H55N3O15. The highest BCUT2D eigenvalue weighted by Crippen LogP contribution is 2.67. The predicted octanol–water partition coefficient (Wildman–Crippen LogP) is 2.12. The normalized spacial score (nSPS) is 31.3. The van der Waals surface area contributed by atoms with E-state index in [0.29, 0.717) is 38.5 Å². The standard InChI is InChI=1S/C35H55N3O15/c1-33-13-11-23(39)18-22(33)9-10-24-25-12-14-35(45,34(25,2)20-27(40)31(24)33)28(41)21-51-30(43)19-26(32(44)50-15-6-7-17-53-38(48)49)36-29(42)8-4-3-5-16-52-37(46)47/h18,24-27,31,40,45-49H,3-17,19-21H2,1-2H3,(H,36,42)/t24-,25-,26?,27-,31+,33-,34-,35-/m0/s1. The number of amides is 1. The Morgan fingerprint density at radius 2 is 1.57 bits per heavy atom. The summed E-state index contributed by atoms with van der Waals surface area (Å²) in [6, 6.07) is -1.46. The Morgan fingerprint density at radius 3 is 2.25 bits per heavy atom. The summed E-state index contributed by atoms with van der Waals surface area (Å²) in [5, 5.41) is 59.6. The first-order valence-electron chi connectivity index (χ1n) is 18.4. The molecule has 0 radical (unpaired) electrons. The molecule has 0 bridgehead atoms. The fourth-order valence-corrected chi connectivity index (χ4v) is 9.44. The maximum Gasteiger partial charge on any atom is 0.329 e. The summed E-state index contributed by atoms with van der Waals surface area (Å²) in [5.41, 5.74) is -2.12. The zero-order chi connectivity index (χ0) is 39.0. The topological polar surface area (TPSA) is 262 Å². The molecule has 3 fully saturated rings. The van der Waals surface area contributed by atoms with E-state index in [-0.39, 0.29) is 80.9 Å². The van der Waals surface area contributed by atoms with Crippen LogP contribution in [0.15, 0.2) is 11.6 Å². The Balaban J connectivity index is 1.34. The quantitative estimate of drug-likeness (QED) is 0.0533. The summed E-state index contributed by atoms with van der Waals surface area (Å²) in [4.78, 5) is 73.4. The number of hydrogen-bond acceptors (Lipinski definition) is 17. The van der Waals surface area contributed by atoms with Crippen LogP contribution in [0.25, 0.3) is 0 Å². The van der Waals surface area contributed by atoms with Crippen LogP contribution in [-0.2, 0) is 43.1 Å². The van der Waals surface area contributed by atoms with E-state index in [4.69, 9.17) is 30.3 Å². The minimum absolute atomic E-state index is 0.00846. The zero-order valence-electron chi connectivity index (χ0n) is 30.4. The molecule has 0 aromatic rings. The molecule has 0 spiro atoms. The molecule has 0 saturated heterocycles. The number of aliphatic hydroxyl groups is 2. The number of allylic oxidation sites excluding steroid dienone is 1. The molecule has 0 aromatic heterocycles. The fourth-order valence-electron chi connectivity index (χ4n) is 9.44. The van der Waals surface area contributed by atoms with Crippen molar-refractivity contribution in [3.8, 4) is 0 Å². The number of aliphatic hydroxyl groups excluding tert-OH is 1. The lowest BCUT2D eigenvalue weighted by atomic mass is 9.45. The van der Waals surface area contributed by atoms with Gasteiger partial charge >= 0.3 is 11.9 Å². The Morgan fingerprint density at radius 1 is 0.906 bits per heavy atom. The van der Waals surface area contributed by atoms with Crippen molar-refractivity contribution in [1.29, 1.82) is 0 Å². The van der Waals surface area contributed by atoms with Gasteiger partial charge in [0.05, 0.1) is 43.1 Å². The van der Waals surface area contributed by atoms with Crippen molar-refractivity contribution in [2.75, 3.05) is 26.4 Å². The molecule has 18 heteroatoms. The summed E-state index contributed by atoms with van der Waals surface area (Å²) in [7, 11) is 0. The second-order valence-electron chi connectivity index (χ2n) is 15.2. The number of fused-ring (bicyclic) bond motifs is 5. The van der Waals surface area contributed by atoms with Gasteiger partial charge in [0.25, 0.3) is 0 Å². The molecule has 4 aliphatic rings. The van der Waals surface area contributed by atoms with E-state index in [1.165, 1.54) is 0 Å². The molecule has 3 saturated carbocycles. The van der Waals surface area contributed by atoms with Gasteiger partial charge in [0.2, 0.25) is 11.7 Å². The first-order valence-corrected chi connectivity index (χ1v) is 18.4. The second-order valence-corrected chi connectivity index (χ2v) is 15.2. The number of ether oxygens (including phenoxy) is 2. The molecule has 7 N–H and O–H groups in total. The van der Waals surface area contributed by atoms with Gasteiger partial charge in [0.1, 0.15) is 11.6 Å². The van der Waals surface area contributed by atoms with E-state index in [0.717, 1.165) is 18.4 Å². The van der Waals surface area contributed by atoms with Gasteiger partial charge in [-0.3, -0.25) is 49.7 Å². The number of hydrogen-bond donors (Lipinski definition) is 7. The van der Waals surface area contributed by atoms with E-state index < -0.39 is 70.6 Å². The first-order chi connectivity index (χ1) is 25.0. The molecule has 4 rings (SSSR count). The van der Waals surface area contributed by atoms with E-state index in [1.807, 2.05) is 6.92 Å². The van der Waals surface area contributed by atoms with Crippen molar-refractivity contribution in [2.45, 2.75) is 121 Å². The highest BCUT2D eigenvalue weighted by atomic mass is 17.1. The van der Waals surface area contributed by atoms with Gasteiger partial charge in [-0.15, -0.1) is 0 Å². The number of ketones is 2. The summed E-state index contributed by atoms with van der Waals surface area (Å²) in [5.74, 6) is -3.26. The average molecular weight is 758 g/mol. The van der Waals surface area contributed by atoms with E-state index >= 15 is 0 Å². The number of nitrogens with zero attached hydrogens (tertiary/aromatic N) is 2. The van der Waals surface area contributed by atoms with Crippen LogP contribution in [0, 0.1) is 28.6 Å². The number of esters is 2. The molecule has 0 aliphatic heterocycles. The number of Topliss-reactive ketones (excluding diaryl/α,β-unsaturated/α-hetero) is 1. The fraction of sp³-hybridized carbons (Fsp3) is 0.800. The third-order valence-corrected chi connectivity index (χ3v) is 12.1. The minimum Gasteiger partial charge on any atom is -0.464 e. The second kappa shape index (κ2) is 18.6. The lowest BCUT2D eigenvalue weighted by Gasteiger charge is -2.60. The van der Waals surface area contributed by atoms with Crippen molar-refractivity contribution >= 4 is 29.4 Å². The summed E-state index contributed by atoms with van der Waals surface area (Å²) in [6.07, 6.45) is 5.36. The monoisotopic (exact) mass is 757 g/mol. The SMILES string of the molecule is C[C@]12CCC(=O)C=C1CC[C@@H]1[C@@H]2[C@@H](O)C[C@@]2(C)[C@H]1CC[C@]2(O)C(=O)COC(=O)CC(NC(=O)CCCCCON(O)O)C(=O)OCCCCON(O)O. The molecule has 0 aromatic carbocycles. The van der Waals surface area contributed by atoms with E-state index in [2.05, 4.69) is 21.9 Å². The van der Waals surface area contributed by atoms with Crippen LogP contribution in [0.3, 0.4) is 0 Å². The lowest BCUT2D eigenvalue weighted by molar-refractivity contribution is -0.492. The highest BCUT2D eigenvalue weighted by Gasteiger charge is 2.68. The molecule has 0 heterocycles. The number of carbonyl (C=O) groups is 5. The van der Waals surface area contributed by atoms with Gasteiger partial charge in [-0.2, -0.15) is 0 Å². The van der Waals surface area contributed by atoms with E-state index in [9.17, 15) is 34.2 Å². The third kappa shape index (κ3) is 10.2. The largest absolute Gasteiger partial charge is 0.464 e. The van der Waals surface area contributed by atoms with Gasteiger partial charge in [-0.05, 0) is 93.5 Å². The van der Waals surface area contributed by atoms with Crippen LogP contribution in [0.5, 0.6) is 0 Å². The van der Waals surface area contributed by atoms with Crippen molar-refractivity contribution in [2.24, 2.45) is 28.6 Å². The number of unbranched alkanes of at least 4 members (excludes halogenated alkanes) is 3. The minimum atomic E-state index is -1.87. The molecule has 18 nitrogen and oxygen atoms in total. The Kier molecular flexibility index (Phi) is 15.0. The molecule has 8 atom stereocenters. The van der Waals surface area contributed by atoms with Gasteiger partial charge in [-0.1, -0.05) is 25.8 Å². The maximum absolute atomic E-state index is 13.7. The molecule has 4 aliphatic carbocycles. The van der Waals surface area contributed by atoms with Crippen LogP contribution in [0.4, 0.5) is 0 Å². The van der Waals surface area contributed by atoms with Crippen LogP contribution < -0.4 is 5.32 Å². The highest BCUT2D eigenvalue weighted by molar-refractivity contribution is 5.93. The number of nitrogens with one attached hydrogen (secondary N) is 1. The molecule has 1 amide bonds. The van der Waals surface area contributed by atoms with Crippen molar-refractivity contribution in [3.63, 3.8) is 0 Å². The number of carbonyl (C=O) groups excluding carboxylic acids is 5. The third-order valence-electron chi connectivity index (χ3n) is 12.1. The van der Waals surface area contributed by atoms with E-state index in [1.54, 1.807) is 6.08 Å². The van der Waals surface area contributed by atoms with Crippen molar-refractivity contribution in [3.05, 3.63) is 11.6 Å². The maximum atomic E-state index is 13.7. The molecule has 300 valence electrons. The first kappa shape index (κ1) is 42.8. The zero-order valence-corrected chi connectivity index (χ0v) is 30.4. The van der Waals surface area contributed by atoms with Gasteiger partial charge in [-0.25, -0.2) is 4.79 Å². The van der Waals surface area contributed by atoms with Crippen molar-refractivity contribution < 1.29 is 74.2 Å². The Hall–Kier alpha value is -2.91. The molecule has 53 heavy (non-hydrogen) atoms. The lowest BCUT2D eigenvalue weighted by Crippen LogP contribution is -2.62. The molecular weight excluding hydrogens is 702 g/mol. The van der Waals surface area contributed by atoms with Gasteiger partial charge in [0.15, 0.2) is 12.4 Å². The smallest absolute Gasteiger partial charge is 0.329 e. The van der Waals surface area contributed by atoms with Crippen LogP contribution in [-0.4, -0.2) is 115 Å². The van der Waals surface area contributed by atoms with Crippen LogP contribution in [0.1, 0.15) is 104 Å². The summed E-state index contributed by atoms with van der Waals surface area (Å²) >= 11 is 0. The summed E-state index contributed by atoms with van der Waals surface area (Å²) in [6.45, 7) is 2.92. The van der Waals surface area contributed by atoms with Crippen LogP contribution in [0.2, 0.25) is 0 Å². The summed E-state index contributed by atoms with van der Waals surface area (Å²) < 4.78 is 10.5. The van der Waals surface area contributed by atoms with Gasteiger partial charge < -0.3 is 25.0 Å². The van der Waals surface area contributed by atoms with Crippen molar-refractivity contribution in [1.82, 2.24) is 16.1 Å². The Labute approximate surface area is 307 Å². The predicted molar refractivity (Wildman–Crippen MR) is 177 cm³/mol. The van der Waals surface area contributed by atoms with Gasteiger partial charge in [0, 0.05) is 18.3 Å².